The molecule has 139 heavy (non-hydrogen) atoms. The summed E-state index contributed by atoms with van der Waals surface area (Å²) in [5.74, 6) is -0.922. The number of anilines is 9. The van der Waals surface area contributed by atoms with Crippen LogP contribution in [-0.4, -0.2) is 55.0 Å². The minimum atomic E-state index is -3.92. The number of rotatable bonds is 33. The molecule has 714 valence electrons. The summed E-state index contributed by atoms with van der Waals surface area (Å²) in [6.07, 6.45) is 1.49. The lowest BCUT2D eigenvalue weighted by Gasteiger charge is -2.20. The first kappa shape index (κ1) is 106. The van der Waals surface area contributed by atoms with Crippen molar-refractivity contribution in [2.45, 2.75) is 106 Å². The number of carbonyl (C=O) groups excluding carboxylic acids is 6. The maximum absolute atomic E-state index is 13.1. The third-order valence-corrected chi connectivity index (χ3v) is 21.9. The van der Waals surface area contributed by atoms with Crippen molar-refractivity contribution >= 4 is 97.1 Å². The van der Waals surface area contributed by atoms with Crippen LogP contribution in [0.15, 0.2) is 382 Å². The van der Waals surface area contributed by atoms with Crippen molar-refractivity contribution in [1.82, 2.24) is 0 Å². The minimum Gasteiger partial charge on any atom is -1.00 e. The summed E-state index contributed by atoms with van der Waals surface area (Å²) < 4.78 is 53.5. The zero-order valence-corrected chi connectivity index (χ0v) is 80.3. The van der Waals surface area contributed by atoms with Crippen LogP contribution in [0.4, 0.5) is 74.4 Å². The molecule has 0 fully saturated rings. The van der Waals surface area contributed by atoms with E-state index in [0.29, 0.717) is 36.2 Å². The average molecular weight is 1930 g/mol. The van der Waals surface area contributed by atoms with Gasteiger partial charge in [-0.15, -0.1) is 0 Å². The Hall–Kier alpha value is -15.3. The molecule has 0 saturated heterocycles. The molecule has 9 amide bonds. The first-order chi connectivity index (χ1) is 66.1. The molecule has 0 aromatic heterocycles. The van der Waals surface area contributed by atoms with Gasteiger partial charge in [0.2, 0.25) is 17.7 Å². The number of carbonyl (C=O) groups is 6. The van der Waals surface area contributed by atoms with Crippen molar-refractivity contribution in [3.05, 3.63) is 483 Å². The number of amides is 9. The van der Waals surface area contributed by atoms with Gasteiger partial charge in [0.1, 0.15) is 70.5 Å². The molecule has 12 N–H and O–H groups in total. The predicted octanol–water partition coefficient (Wildman–Crippen LogP) is 13.6. The van der Waals surface area contributed by atoms with Crippen molar-refractivity contribution in [1.29, 1.82) is 0 Å². The van der Waals surface area contributed by atoms with Crippen molar-refractivity contribution in [3.63, 3.8) is 0 Å². The van der Waals surface area contributed by atoms with Gasteiger partial charge in [0, 0.05) is 108 Å². The van der Waals surface area contributed by atoms with E-state index in [1.807, 2.05) is 240 Å². The molecule has 3 atom stereocenters. The van der Waals surface area contributed by atoms with E-state index < -0.39 is 16.1 Å². The number of urea groups is 3. The van der Waals surface area contributed by atoms with E-state index in [-0.39, 0.29) is 72.7 Å². The van der Waals surface area contributed by atoms with Gasteiger partial charge in [-0.2, -0.15) is 0 Å². The van der Waals surface area contributed by atoms with Crippen LogP contribution in [0.5, 0.6) is 0 Å². The van der Waals surface area contributed by atoms with Crippen molar-refractivity contribution in [3.8, 4) is 0 Å². The molecule has 0 heterocycles. The van der Waals surface area contributed by atoms with E-state index in [9.17, 15) is 37.5 Å². The van der Waals surface area contributed by atoms with E-state index in [1.165, 1.54) is 102 Å². The van der Waals surface area contributed by atoms with Crippen LogP contribution in [-0.2, 0) is 103 Å². The number of nitrogens with one attached hydrogen (secondary N) is 12. The molecule has 26 heteroatoms. The fraction of sp³-hybridized carbons (Fsp3) is 0.150. The fourth-order valence-electron chi connectivity index (χ4n) is 15.1. The van der Waals surface area contributed by atoms with Crippen molar-refractivity contribution in [2.24, 2.45) is 0 Å². The summed E-state index contributed by atoms with van der Waals surface area (Å²) in [6, 6.07) is 121. The lowest BCUT2D eigenvalue weighted by Crippen LogP contribution is -3.08. The number of benzene rings is 15. The van der Waals surface area contributed by atoms with Crippen LogP contribution in [0.3, 0.4) is 0 Å². The molecule has 0 saturated carbocycles. The highest BCUT2D eigenvalue weighted by Crippen LogP contribution is 2.21. The van der Waals surface area contributed by atoms with Crippen LogP contribution < -0.4 is 87.4 Å². The highest BCUT2D eigenvalue weighted by atomic mass is 35.5. The zero-order chi connectivity index (χ0) is 96.7. The Labute approximate surface area is 824 Å². The van der Waals surface area contributed by atoms with Crippen molar-refractivity contribution < 1.29 is 90.0 Å². The molecule has 15 rings (SSSR count). The SMILES string of the molecule is CS(=O)(=O)[O-].Cc1ccc(NC(=O)Cc2ccc(C[NH+](Cc3ccccc3)Cc3ccc(NC(=O)Nc4ccc(C)cc4)cc3)cc2)cc1.Cc1ccc(NC(=O)Cc2ccc(C[NH+](Cc3ccccc3)Cc3ccc(NC(=O)Nc4ccc(C)cc4)cc3)cc2)cc1.O=C(Cc1ccc(C[NH+](Cc2ccccc2)Cc2ccc(NC(=O)Nc3ccc(F)cc3)cc2)cc1)Nc1ccc(F)cc1.[Cl-].[Cl-]. The van der Waals surface area contributed by atoms with Gasteiger partial charge in [0.15, 0.2) is 0 Å². The Morgan fingerprint density at radius 2 is 0.360 bits per heavy atom. The van der Waals surface area contributed by atoms with Crippen LogP contribution in [0.2, 0.25) is 0 Å². The van der Waals surface area contributed by atoms with Gasteiger partial charge in [0.05, 0.1) is 29.4 Å². The van der Waals surface area contributed by atoms with E-state index in [0.717, 1.165) is 143 Å². The fourth-order valence-corrected chi connectivity index (χ4v) is 15.1. The van der Waals surface area contributed by atoms with Crippen LogP contribution in [0.25, 0.3) is 0 Å². The van der Waals surface area contributed by atoms with E-state index in [1.54, 1.807) is 0 Å². The molecule has 0 bridgehead atoms. The Bertz CT molecular complexity index is 5550. The normalized spacial score (nSPS) is 11.3. The Morgan fingerprint density at radius 3 is 0.540 bits per heavy atom. The van der Waals surface area contributed by atoms with Crippen LogP contribution in [0.1, 0.15) is 89.0 Å². The highest BCUT2D eigenvalue weighted by Gasteiger charge is 2.20. The second-order valence-corrected chi connectivity index (χ2v) is 35.3. The van der Waals surface area contributed by atoms with Crippen LogP contribution in [0, 0.1) is 39.3 Å². The second-order valence-electron chi connectivity index (χ2n) is 33.9. The van der Waals surface area contributed by atoms with Gasteiger partial charge in [-0.25, -0.2) is 31.6 Å². The third-order valence-electron chi connectivity index (χ3n) is 21.9. The number of hydrogen-bond donors (Lipinski definition) is 12. The third kappa shape index (κ3) is 39.5. The molecule has 15 aromatic rings. The molecule has 0 radical (unpaired) electrons. The van der Waals surface area contributed by atoms with Gasteiger partial charge in [-0.05, 0) is 178 Å². The zero-order valence-electron chi connectivity index (χ0n) is 78.0. The van der Waals surface area contributed by atoms with Gasteiger partial charge in [-0.3, -0.25) is 14.4 Å². The summed E-state index contributed by atoms with van der Waals surface area (Å²) in [6.45, 7) is 15.5. The predicted molar refractivity (Wildman–Crippen MR) is 542 cm³/mol. The molecular weight excluding hydrogens is 1810 g/mol. The monoisotopic (exact) mass is 1920 g/mol. The molecule has 0 aliphatic rings. The number of aryl methyl sites for hydroxylation is 4. The first-order valence-corrected chi connectivity index (χ1v) is 46.9. The van der Waals surface area contributed by atoms with Gasteiger partial charge < -0.3 is 91.9 Å². The summed E-state index contributed by atoms with van der Waals surface area (Å²) in [5.41, 5.74) is 24.6. The standard InChI is InChI=1S/2C38H38N4O2.C36H32F2N4O2.CH4O3S.2ClH/c2*1-28-8-18-34(19-9-28)39-37(43)24-30-12-14-32(15-13-30)26-42(25-31-6-4-3-5-7-31)27-33-16-22-36(23-17-33)41-38(44)40-35-20-10-29(2)11-21-35;37-30-12-18-32(19-13-30)39-35(43)22-26-6-8-28(9-7-26)24-42(23-27-4-2-1-3-5-27)25-29-10-16-33(17-11-29)40-36(44)41-34-20-14-31(38)15-21-34;1-5(2,3)4;;/h2*3-23H,24-27H2,1-2H3,(H,39,43)(H2,40,41,44);1-21H,22-25H2,(H,39,43)(H2,40,41,44);1H3,(H,2,3,4);2*1H. The minimum absolute atomic E-state index is 0. The molecule has 3 unspecified atom stereocenters. The second kappa shape index (κ2) is 54.5. The Kier molecular flexibility index (Phi) is 41.5. The summed E-state index contributed by atoms with van der Waals surface area (Å²) in [4.78, 5) is 79.0. The molecule has 0 aliphatic heterocycles. The molecule has 21 nitrogen and oxygen atoms in total. The quantitative estimate of drug-likeness (QED) is 0.0174. The smallest absolute Gasteiger partial charge is 0.323 e. The highest BCUT2D eigenvalue weighted by molar-refractivity contribution is 7.84. The topological polar surface area (TPSA) is 281 Å². The number of halogens is 4. The largest absolute Gasteiger partial charge is 1.00 e. The molecular formula is C113H114Cl2F2N12O9S. The molecule has 0 aliphatic carbocycles. The lowest BCUT2D eigenvalue weighted by atomic mass is 10.1. The number of quaternary nitrogens is 3. The Morgan fingerprint density at radius 1 is 0.223 bits per heavy atom. The first-order valence-electron chi connectivity index (χ1n) is 45.1. The maximum atomic E-state index is 13.1. The summed E-state index contributed by atoms with van der Waals surface area (Å²) >= 11 is 0. The molecule has 15 aromatic carbocycles. The molecule has 0 spiro atoms. The van der Waals surface area contributed by atoms with Gasteiger partial charge >= 0.3 is 18.1 Å². The van der Waals surface area contributed by atoms with Crippen LogP contribution >= 0.6 is 0 Å². The summed E-state index contributed by atoms with van der Waals surface area (Å²) in [5, 5.41) is 25.8. The maximum Gasteiger partial charge on any atom is 0.323 e. The van der Waals surface area contributed by atoms with E-state index in [2.05, 4.69) is 169 Å². The lowest BCUT2D eigenvalue weighted by molar-refractivity contribution is -0.941. The van der Waals surface area contributed by atoms with Crippen molar-refractivity contribution in [2.75, 3.05) is 54.1 Å². The average Bonchev–Trinajstić information content (AvgIpc) is 0.860. The van der Waals surface area contributed by atoms with E-state index >= 15 is 0 Å². The van der Waals surface area contributed by atoms with Gasteiger partial charge in [0.25, 0.3) is 0 Å². The number of hydrogen-bond acceptors (Lipinski definition) is 9. The van der Waals surface area contributed by atoms with Gasteiger partial charge in [-0.1, -0.05) is 271 Å². The Balaban J connectivity index is 0.000000208. The summed E-state index contributed by atoms with van der Waals surface area (Å²) in [7, 11) is -3.92. The van der Waals surface area contributed by atoms with E-state index in [4.69, 9.17) is 13.0 Å².